The fraction of sp³-hybridized carbons (Fsp3) is 0.314. The van der Waals surface area contributed by atoms with Crippen LogP contribution in [0.3, 0.4) is 0 Å². The number of aromatic nitrogens is 1. The molecule has 1 aliphatic rings. The molecule has 0 spiro atoms. The standard InChI is InChI=1S/C35H36ClNO3S.Na.H/c1-24(38)40-35(19-20-35)23-41-33(18-14-26-8-4-5-10-31(26)34(2,3)39)28-9-6-7-25(21-28)11-16-30-17-13-27-12-15-29(36)22-32(27)37-30;;/h4-13,15-17,21-22,33,39H,14,18-20,23H2,1-3H3;;/b16-11+;;/t33-;;/m1../s1. The van der Waals surface area contributed by atoms with Crippen LogP contribution in [-0.2, 0) is 21.6 Å². The molecule has 1 aromatic heterocycles. The van der Waals surface area contributed by atoms with E-state index in [2.05, 4.69) is 42.5 Å². The van der Waals surface area contributed by atoms with Gasteiger partial charge in [0.2, 0.25) is 0 Å². The van der Waals surface area contributed by atoms with Crippen molar-refractivity contribution in [3.8, 4) is 0 Å². The van der Waals surface area contributed by atoms with Gasteiger partial charge < -0.3 is 9.84 Å². The van der Waals surface area contributed by atoms with Crippen LogP contribution in [0.2, 0.25) is 5.02 Å². The van der Waals surface area contributed by atoms with E-state index in [1.165, 1.54) is 12.5 Å². The topological polar surface area (TPSA) is 59.4 Å². The van der Waals surface area contributed by atoms with Crippen molar-refractivity contribution < 1.29 is 14.6 Å². The van der Waals surface area contributed by atoms with Crippen molar-refractivity contribution in [2.75, 3.05) is 5.75 Å². The summed E-state index contributed by atoms with van der Waals surface area (Å²) in [5.41, 5.74) is 4.96. The quantitative estimate of drug-likeness (QED) is 0.137. The maximum atomic E-state index is 11.7. The van der Waals surface area contributed by atoms with E-state index in [0.717, 1.165) is 64.7 Å². The number of nitrogens with zero attached hydrogens (tertiary/aromatic N) is 1. The van der Waals surface area contributed by atoms with E-state index in [1.807, 2.05) is 74.1 Å². The Balaban J connectivity index is 0.00000405. The van der Waals surface area contributed by atoms with Gasteiger partial charge in [-0.15, -0.1) is 11.8 Å². The summed E-state index contributed by atoms with van der Waals surface area (Å²) in [7, 11) is 0. The second kappa shape index (κ2) is 14.1. The summed E-state index contributed by atoms with van der Waals surface area (Å²) in [6.45, 7) is 5.16. The number of hydrogen-bond acceptors (Lipinski definition) is 5. The summed E-state index contributed by atoms with van der Waals surface area (Å²) in [5.74, 6) is 0.559. The Kier molecular flexibility index (Phi) is 11.0. The molecule has 0 aliphatic heterocycles. The fourth-order valence-corrected chi connectivity index (χ4v) is 6.83. The van der Waals surface area contributed by atoms with Gasteiger partial charge in [0.15, 0.2) is 0 Å². The molecular weight excluding hydrogens is 573 g/mol. The van der Waals surface area contributed by atoms with Crippen molar-refractivity contribution in [1.82, 2.24) is 4.98 Å². The average molecular weight is 610 g/mol. The molecule has 0 amide bonds. The van der Waals surface area contributed by atoms with Crippen LogP contribution < -0.4 is 0 Å². The van der Waals surface area contributed by atoms with Gasteiger partial charge >= 0.3 is 35.5 Å². The van der Waals surface area contributed by atoms with Crippen molar-refractivity contribution in [2.45, 2.75) is 62.9 Å². The monoisotopic (exact) mass is 609 g/mol. The van der Waals surface area contributed by atoms with E-state index in [4.69, 9.17) is 21.3 Å². The second-order valence-corrected chi connectivity index (χ2v) is 13.0. The van der Waals surface area contributed by atoms with E-state index >= 15 is 0 Å². The first-order valence-electron chi connectivity index (χ1n) is 14.1. The number of aliphatic hydroxyl groups is 1. The average Bonchev–Trinajstić information content (AvgIpc) is 3.70. The van der Waals surface area contributed by atoms with Crippen LogP contribution in [-0.4, -0.2) is 57.0 Å². The van der Waals surface area contributed by atoms with Gasteiger partial charge in [-0.25, -0.2) is 4.98 Å². The summed E-state index contributed by atoms with van der Waals surface area (Å²) in [4.78, 5) is 16.5. The third-order valence-electron chi connectivity index (χ3n) is 7.47. The summed E-state index contributed by atoms with van der Waals surface area (Å²) in [5, 5.41) is 12.7. The number of esters is 1. The first-order valence-corrected chi connectivity index (χ1v) is 15.5. The first kappa shape index (κ1) is 32.8. The van der Waals surface area contributed by atoms with Crippen LogP contribution in [0.15, 0.2) is 78.9 Å². The van der Waals surface area contributed by atoms with Crippen LogP contribution in [0, 0.1) is 0 Å². The SMILES string of the molecule is CC(=O)OC1(CS[C@H](CCc2ccccc2C(C)(C)O)c2cccc(/C=C/c3ccc4ccc(Cl)cc4n3)c2)CC1.[NaH]. The van der Waals surface area contributed by atoms with Gasteiger partial charge in [-0.1, -0.05) is 78.3 Å². The number of halogens is 1. The number of fused-ring (bicyclic) bond motifs is 1. The van der Waals surface area contributed by atoms with Gasteiger partial charge in [0, 0.05) is 28.3 Å². The van der Waals surface area contributed by atoms with Gasteiger partial charge in [-0.2, -0.15) is 0 Å². The van der Waals surface area contributed by atoms with E-state index in [9.17, 15) is 9.90 Å². The molecule has 1 atom stereocenters. The van der Waals surface area contributed by atoms with Crippen LogP contribution >= 0.6 is 23.4 Å². The number of aryl methyl sites for hydroxylation is 1. The molecular formula is C35H37ClNNaO3S. The predicted octanol–water partition coefficient (Wildman–Crippen LogP) is 8.14. The third kappa shape index (κ3) is 8.72. The summed E-state index contributed by atoms with van der Waals surface area (Å²) in [6, 6.07) is 26.6. The Morgan fingerprint density at radius 3 is 2.57 bits per heavy atom. The molecule has 1 fully saturated rings. The molecule has 7 heteroatoms. The van der Waals surface area contributed by atoms with E-state index in [0.29, 0.717) is 5.02 Å². The Bertz CT molecular complexity index is 1580. The minimum atomic E-state index is -0.903. The molecule has 0 radical (unpaired) electrons. The number of pyridine rings is 1. The van der Waals surface area contributed by atoms with Gasteiger partial charge in [-0.05, 0) is 86.1 Å². The number of benzene rings is 3. The molecule has 4 aromatic rings. The Morgan fingerprint density at radius 1 is 1.07 bits per heavy atom. The van der Waals surface area contributed by atoms with Gasteiger partial charge in [0.1, 0.15) is 5.60 Å². The zero-order chi connectivity index (χ0) is 29.0. The van der Waals surface area contributed by atoms with Crippen molar-refractivity contribution in [3.05, 3.63) is 112 Å². The number of ether oxygens (including phenoxy) is 1. The molecule has 42 heavy (non-hydrogen) atoms. The normalized spacial score (nSPS) is 14.9. The van der Waals surface area contributed by atoms with Gasteiger partial charge in [0.25, 0.3) is 0 Å². The molecule has 0 saturated heterocycles. The Labute approximate surface area is 280 Å². The van der Waals surface area contributed by atoms with Crippen LogP contribution in [0.5, 0.6) is 0 Å². The minimum absolute atomic E-state index is 0. The number of rotatable bonds is 11. The molecule has 3 aromatic carbocycles. The van der Waals surface area contributed by atoms with Crippen LogP contribution in [0.25, 0.3) is 23.1 Å². The summed E-state index contributed by atoms with van der Waals surface area (Å²) in [6.07, 6.45) is 7.69. The molecule has 4 nitrogen and oxygen atoms in total. The summed E-state index contributed by atoms with van der Waals surface area (Å²) >= 11 is 8.03. The van der Waals surface area contributed by atoms with Crippen LogP contribution in [0.1, 0.15) is 73.2 Å². The van der Waals surface area contributed by atoms with E-state index < -0.39 is 5.60 Å². The van der Waals surface area contributed by atoms with E-state index in [1.54, 1.807) is 0 Å². The molecule has 214 valence electrons. The number of carbonyl (C=O) groups is 1. The molecule has 5 rings (SSSR count). The predicted molar refractivity (Wildman–Crippen MR) is 178 cm³/mol. The summed E-state index contributed by atoms with van der Waals surface area (Å²) < 4.78 is 5.69. The van der Waals surface area contributed by atoms with Crippen molar-refractivity contribution in [3.63, 3.8) is 0 Å². The first-order chi connectivity index (χ1) is 19.6. The van der Waals surface area contributed by atoms with Crippen LogP contribution in [0.4, 0.5) is 0 Å². The van der Waals surface area contributed by atoms with Gasteiger partial charge in [0.05, 0.1) is 16.8 Å². The molecule has 1 aliphatic carbocycles. The van der Waals surface area contributed by atoms with E-state index in [-0.39, 0.29) is 46.4 Å². The second-order valence-electron chi connectivity index (χ2n) is 11.4. The maximum absolute atomic E-state index is 11.7. The molecule has 1 N–H and O–H groups in total. The molecule has 1 heterocycles. The van der Waals surface area contributed by atoms with Crippen molar-refractivity contribution >= 4 is 81.9 Å². The fourth-order valence-electron chi connectivity index (χ4n) is 5.18. The zero-order valence-corrected chi connectivity index (χ0v) is 25.3. The zero-order valence-electron chi connectivity index (χ0n) is 23.8. The molecule has 1 saturated carbocycles. The van der Waals surface area contributed by atoms with Gasteiger partial charge in [-0.3, -0.25) is 4.79 Å². The van der Waals surface area contributed by atoms with Crippen molar-refractivity contribution in [2.24, 2.45) is 0 Å². The third-order valence-corrected chi connectivity index (χ3v) is 9.31. The molecule has 0 unspecified atom stereocenters. The number of hydrogen-bond donors (Lipinski definition) is 1. The number of thioether (sulfide) groups is 1. The Morgan fingerprint density at radius 2 is 1.83 bits per heavy atom. The van der Waals surface area contributed by atoms with Crippen molar-refractivity contribution in [1.29, 1.82) is 0 Å². The Hall–Kier alpha value is -2.12. The number of carbonyl (C=O) groups excluding carboxylic acids is 1. The molecule has 0 bridgehead atoms.